The fourth-order valence-corrected chi connectivity index (χ4v) is 2.21. The van der Waals surface area contributed by atoms with Crippen LogP contribution in [0.4, 0.5) is 5.69 Å². The van der Waals surface area contributed by atoms with Gasteiger partial charge in [-0.05, 0) is 36.4 Å². The van der Waals surface area contributed by atoms with Crippen LogP contribution in [0.2, 0.25) is 0 Å². The van der Waals surface area contributed by atoms with Crippen molar-refractivity contribution in [1.82, 2.24) is 0 Å². The highest BCUT2D eigenvalue weighted by molar-refractivity contribution is 6.28. The third-order valence-electron chi connectivity index (χ3n) is 3.42. The number of rotatable bonds is 3. The van der Waals surface area contributed by atoms with Gasteiger partial charge in [0.2, 0.25) is 0 Å². The van der Waals surface area contributed by atoms with E-state index in [-0.39, 0.29) is 11.3 Å². The van der Waals surface area contributed by atoms with E-state index in [4.69, 9.17) is 4.74 Å². The van der Waals surface area contributed by atoms with Gasteiger partial charge in [-0.3, -0.25) is 9.59 Å². The Morgan fingerprint density at radius 3 is 1.92 bits per heavy atom. The molecule has 2 amide bonds. The van der Waals surface area contributed by atoms with Gasteiger partial charge >= 0.3 is 5.97 Å². The zero-order valence-electron chi connectivity index (χ0n) is 12.5. The zero-order valence-corrected chi connectivity index (χ0v) is 12.5. The van der Waals surface area contributed by atoms with Gasteiger partial charge in [0.05, 0.1) is 11.3 Å². The summed E-state index contributed by atoms with van der Waals surface area (Å²) in [7, 11) is 0. The number of carbonyl (C=O) groups is 3. The molecule has 1 aliphatic rings. The number of hydrogen-bond acceptors (Lipinski definition) is 7. The second-order valence-electron chi connectivity index (χ2n) is 5.09. The molecular weight excluding hydrogens is 330 g/mol. The second-order valence-corrected chi connectivity index (χ2v) is 5.09. The summed E-state index contributed by atoms with van der Waals surface area (Å²) in [6.45, 7) is 0. The van der Waals surface area contributed by atoms with Crippen LogP contribution in [0.1, 0.15) is 10.4 Å². The molecule has 1 heterocycles. The topological polar surface area (TPSA) is 124 Å². The number of ether oxygens (including phenoxy) is 1. The second kappa shape index (κ2) is 6.00. The Morgan fingerprint density at radius 2 is 1.40 bits per heavy atom. The molecule has 8 heteroatoms. The summed E-state index contributed by atoms with van der Waals surface area (Å²) in [5.41, 5.74) is 0.144. The molecule has 2 aromatic rings. The number of esters is 1. The summed E-state index contributed by atoms with van der Waals surface area (Å²) in [4.78, 5) is 36.2. The van der Waals surface area contributed by atoms with Crippen LogP contribution in [0.25, 0.3) is 0 Å². The summed E-state index contributed by atoms with van der Waals surface area (Å²) in [6.07, 6.45) is 2.31. The average molecular weight is 341 g/mol. The van der Waals surface area contributed by atoms with Crippen LogP contribution in [0.3, 0.4) is 0 Å². The maximum Gasteiger partial charge on any atom is 0.343 e. The quantitative estimate of drug-likeness (QED) is 0.334. The van der Waals surface area contributed by atoms with Crippen molar-refractivity contribution in [2.45, 2.75) is 0 Å². The van der Waals surface area contributed by atoms with E-state index in [1.165, 1.54) is 24.3 Å². The Morgan fingerprint density at radius 1 is 0.880 bits per heavy atom. The van der Waals surface area contributed by atoms with Crippen LogP contribution in [0.5, 0.6) is 23.0 Å². The van der Waals surface area contributed by atoms with Crippen molar-refractivity contribution in [1.29, 1.82) is 0 Å². The normalized spacial score (nSPS) is 13.4. The van der Waals surface area contributed by atoms with Gasteiger partial charge < -0.3 is 20.1 Å². The van der Waals surface area contributed by atoms with E-state index < -0.39 is 35.0 Å². The minimum atomic E-state index is -0.881. The molecule has 0 saturated heterocycles. The Kier molecular flexibility index (Phi) is 3.86. The predicted molar refractivity (Wildman–Crippen MR) is 84.5 cm³/mol. The van der Waals surface area contributed by atoms with Crippen molar-refractivity contribution in [3.05, 3.63) is 54.1 Å². The molecule has 0 atom stereocenters. The molecule has 0 radical (unpaired) electrons. The Hall–Kier alpha value is -3.81. The van der Waals surface area contributed by atoms with E-state index >= 15 is 0 Å². The number of anilines is 1. The maximum atomic E-state index is 12.0. The van der Waals surface area contributed by atoms with E-state index in [2.05, 4.69) is 0 Å². The van der Waals surface area contributed by atoms with Gasteiger partial charge in [0.25, 0.3) is 11.8 Å². The number of aromatic hydroxyl groups is 3. The van der Waals surface area contributed by atoms with Crippen LogP contribution in [-0.4, -0.2) is 33.1 Å². The Bertz CT molecular complexity index is 874. The standard InChI is InChI=1S/C17H11NO7/c19-12-7-9(8-13(20)16(12)23)17(24)25-11-3-1-10(2-4-11)18-14(21)5-6-15(18)22/h1-8,19-20,23H. The number of phenolic OH excluding ortho intramolecular Hbond substituents is 3. The maximum absolute atomic E-state index is 12.0. The van der Waals surface area contributed by atoms with Crippen molar-refractivity contribution in [3.63, 3.8) is 0 Å². The van der Waals surface area contributed by atoms with Crippen LogP contribution in [0.15, 0.2) is 48.6 Å². The third kappa shape index (κ3) is 3.00. The Balaban J connectivity index is 1.77. The van der Waals surface area contributed by atoms with Crippen molar-refractivity contribution in [2.75, 3.05) is 4.90 Å². The minimum absolute atomic E-state index is 0.118. The predicted octanol–water partition coefficient (Wildman–Crippen LogP) is 1.45. The summed E-state index contributed by atoms with van der Waals surface area (Å²) >= 11 is 0. The molecule has 0 aliphatic carbocycles. The first-order valence-electron chi connectivity index (χ1n) is 7.00. The van der Waals surface area contributed by atoms with Crippen molar-refractivity contribution < 1.29 is 34.4 Å². The van der Waals surface area contributed by atoms with E-state index in [9.17, 15) is 29.7 Å². The molecule has 126 valence electrons. The molecule has 0 fully saturated rings. The first kappa shape index (κ1) is 16.1. The SMILES string of the molecule is O=C(Oc1ccc(N2C(=O)C=CC2=O)cc1)c1cc(O)c(O)c(O)c1. The summed E-state index contributed by atoms with van der Waals surface area (Å²) in [5.74, 6) is -3.77. The lowest BCUT2D eigenvalue weighted by Gasteiger charge is -2.14. The highest BCUT2D eigenvalue weighted by Gasteiger charge is 2.25. The highest BCUT2D eigenvalue weighted by Crippen LogP contribution is 2.35. The number of imide groups is 1. The first-order chi connectivity index (χ1) is 11.9. The molecule has 3 rings (SSSR count). The zero-order chi connectivity index (χ0) is 18.1. The molecule has 0 unspecified atom stereocenters. The van der Waals surface area contributed by atoms with E-state index in [1.54, 1.807) is 0 Å². The molecule has 3 N–H and O–H groups in total. The van der Waals surface area contributed by atoms with E-state index in [0.717, 1.165) is 29.2 Å². The molecule has 0 spiro atoms. The molecule has 0 aromatic heterocycles. The van der Waals surface area contributed by atoms with Crippen LogP contribution < -0.4 is 9.64 Å². The van der Waals surface area contributed by atoms with Gasteiger partial charge in [0.15, 0.2) is 17.2 Å². The van der Waals surface area contributed by atoms with Crippen molar-refractivity contribution in [2.24, 2.45) is 0 Å². The number of phenols is 3. The number of nitrogens with zero attached hydrogens (tertiary/aromatic N) is 1. The van der Waals surface area contributed by atoms with Crippen molar-refractivity contribution >= 4 is 23.5 Å². The fourth-order valence-electron chi connectivity index (χ4n) is 2.21. The van der Waals surface area contributed by atoms with E-state index in [1.807, 2.05) is 0 Å². The van der Waals surface area contributed by atoms with Crippen LogP contribution >= 0.6 is 0 Å². The van der Waals surface area contributed by atoms with Gasteiger partial charge in [-0.25, -0.2) is 9.69 Å². The van der Waals surface area contributed by atoms with Crippen LogP contribution in [0, 0.1) is 0 Å². The number of amides is 2. The van der Waals surface area contributed by atoms with Crippen LogP contribution in [-0.2, 0) is 9.59 Å². The van der Waals surface area contributed by atoms with Gasteiger partial charge in [-0.2, -0.15) is 0 Å². The molecule has 1 aliphatic heterocycles. The number of carbonyl (C=O) groups excluding carboxylic acids is 3. The van der Waals surface area contributed by atoms with Gasteiger partial charge in [-0.1, -0.05) is 0 Å². The lowest BCUT2D eigenvalue weighted by Crippen LogP contribution is -2.29. The third-order valence-corrected chi connectivity index (χ3v) is 3.42. The lowest BCUT2D eigenvalue weighted by molar-refractivity contribution is -0.119. The summed E-state index contributed by atoms with van der Waals surface area (Å²) in [6, 6.07) is 7.50. The molecule has 8 nitrogen and oxygen atoms in total. The monoisotopic (exact) mass is 341 g/mol. The molecule has 2 aromatic carbocycles. The lowest BCUT2D eigenvalue weighted by atomic mass is 10.2. The highest BCUT2D eigenvalue weighted by atomic mass is 16.5. The molecule has 25 heavy (non-hydrogen) atoms. The molecular formula is C17H11NO7. The molecule has 0 bridgehead atoms. The first-order valence-corrected chi connectivity index (χ1v) is 7.00. The Labute approximate surface area is 140 Å². The van der Waals surface area contributed by atoms with Gasteiger partial charge in [0.1, 0.15) is 5.75 Å². The number of benzene rings is 2. The fraction of sp³-hybridized carbons (Fsp3) is 0. The summed E-state index contributed by atoms with van der Waals surface area (Å²) < 4.78 is 5.07. The number of hydrogen-bond donors (Lipinski definition) is 3. The van der Waals surface area contributed by atoms with Gasteiger partial charge in [-0.15, -0.1) is 0 Å². The van der Waals surface area contributed by atoms with Gasteiger partial charge in [0, 0.05) is 12.2 Å². The van der Waals surface area contributed by atoms with E-state index in [0.29, 0.717) is 5.69 Å². The smallest absolute Gasteiger partial charge is 0.343 e. The van der Waals surface area contributed by atoms with Crippen molar-refractivity contribution in [3.8, 4) is 23.0 Å². The minimum Gasteiger partial charge on any atom is -0.504 e. The summed E-state index contributed by atoms with van der Waals surface area (Å²) in [5, 5.41) is 28.1. The molecule has 0 saturated carbocycles. The largest absolute Gasteiger partial charge is 0.504 e. The average Bonchev–Trinajstić information content (AvgIpc) is 2.91.